The van der Waals surface area contributed by atoms with Crippen molar-refractivity contribution in [2.24, 2.45) is 0 Å². The first-order valence-electron chi connectivity index (χ1n) is 7.59. The van der Waals surface area contributed by atoms with Crippen molar-refractivity contribution < 1.29 is 22.3 Å². The van der Waals surface area contributed by atoms with Crippen LogP contribution in [0.15, 0.2) is 42.5 Å². The van der Waals surface area contributed by atoms with Crippen LogP contribution in [0.1, 0.15) is 18.1 Å². The molecule has 0 N–H and O–H groups in total. The minimum absolute atomic E-state index is 0.161. The molecular weight excluding hydrogens is 333 g/mol. The summed E-state index contributed by atoms with van der Waals surface area (Å²) in [4.78, 5) is 0. The molecule has 0 atom stereocenters. The van der Waals surface area contributed by atoms with E-state index in [0.29, 0.717) is 23.6 Å². The van der Waals surface area contributed by atoms with Crippen molar-refractivity contribution in [2.75, 3.05) is 13.3 Å². The van der Waals surface area contributed by atoms with Crippen LogP contribution in [-0.4, -0.2) is 26.1 Å². The Balaban J connectivity index is 1.75. The summed E-state index contributed by atoms with van der Waals surface area (Å²) in [6, 6.07) is 10.9. The average molecular weight is 351 g/mol. The topological polar surface area (TPSA) is 55.8 Å². The molecule has 0 bridgehead atoms. The molecule has 0 saturated heterocycles. The highest BCUT2D eigenvalue weighted by Gasteiger charge is 2.22. The van der Waals surface area contributed by atoms with Gasteiger partial charge in [-0.3, -0.25) is 0 Å². The summed E-state index contributed by atoms with van der Waals surface area (Å²) in [5, 5.41) is 0. The third-order valence-corrected chi connectivity index (χ3v) is 5.68. The second kappa shape index (κ2) is 6.78. The number of ether oxygens (including phenoxy) is 2. The van der Waals surface area contributed by atoms with Gasteiger partial charge in [-0.05, 0) is 35.4 Å². The zero-order chi connectivity index (χ0) is 17.2. The summed E-state index contributed by atoms with van der Waals surface area (Å²) < 4.78 is 50.2. The molecule has 128 valence electrons. The predicted octanol–water partition coefficient (Wildman–Crippen LogP) is 2.91. The molecule has 24 heavy (non-hydrogen) atoms. The Bertz CT molecular complexity index is 821. The molecule has 0 saturated carbocycles. The van der Waals surface area contributed by atoms with E-state index in [-0.39, 0.29) is 24.9 Å². The largest absolute Gasteiger partial charge is 0.454 e. The van der Waals surface area contributed by atoms with Crippen molar-refractivity contribution >= 4 is 10.0 Å². The smallest absolute Gasteiger partial charge is 0.231 e. The van der Waals surface area contributed by atoms with E-state index in [9.17, 15) is 12.8 Å². The SMILES string of the molecule is CCN(Cc1ccc2c(c1)OCO2)S(=O)(=O)Cc1ccc(F)cc1. The van der Waals surface area contributed by atoms with Gasteiger partial charge >= 0.3 is 0 Å². The molecule has 3 rings (SSSR count). The van der Waals surface area contributed by atoms with Crippen molar-refractivity contribution in [1.29, 1.82) is 0 Å². The zero-order valence-corrected chi connectivity index (χ0v) is 14.1. The minimum atomic E-state index is -3.51. The number of sulfonamides is 1. The van der Waals surface area contributed by atoms with Crippen LogP contribution < -0.4 is 9.47 Å². The Hall–Kier alpha value is -2.12. The molecule has 5 nitrogen and oxygen atoms in total. The summed E-state index contributed by atoms with van der Waals surface area (Å²) in [7, 11) is -3.51. The molecule has 7 heteroatoms. The van der Waals surface area contributed by atoms with Crippen molar-refractivity contribution in [3.63, 3.8) is 0 Å². The number of rotatable bonds is 6. The Labute approximate surface area is 140 Å². The molecule has 0 spiro atoms. The molecule has 0 fully saturated rings. The van der Waals surface area contributed by atoms with E-state index >= 15 is 0 Å². The van der Waals surface area contributed by atoms with E-state index in [4.69, 9.17) is 9.47 Å². The third-order valence-electron chi connectivity index (χ3n) is 3.80. The fourth-order valence-electron chi connectivity index (χ4n) is 2.53. The van der Waals surface area contributed by atoms with Gasteiger partial charge in [-0.25, -0.2) is 12.8 Å². The van der Waals surface area contributed by atoms with Crippen molar-refractivity contribution in [2.45, 2.75) is 19.2 Å². The van der Waals surface area contributed by atoms with Gasteiger partial charge in [0.15, 0.2) is 11.5 Å². The number of halogens is 1. The van der Waals surface area contributed by atoms with E-state index in [0.717, 1.165) is 5.56 Å². The molecule has 2 aromatic carbocycles. The number of hydrogen-bond donors (Lipinski definition) is 0. The van der Waals surface area contributed by atoms with Gasteiger partial charge in [0.1, 0.15) is 5.82 Å². The van der Waals surface area contributed by atoms with E-state index in [1.54, 1.807) is 19.1 Å². The zero-order valence-electron chi connectivity index (χ0n) is 13.2. The van der Waals surface area contributed by atoms with Gasteiger partial charge in [-0.1, -0.05) is 25.1 Å². The van der Waals surface area contributed by atoms with E-state index < -0.39 is 10.0 Å². The van der Waals surface area contributed by atoms with Gasteiger partial charge in [0.2, 0.25) is 16.8 Å². The first-order chi connectivity index (χ1) is 11.5. The monoisotopic (exact) mass is 351 g/mol. The average Bonchev–Trinajstić information content (AvgIpc) is 3.02. The summed E-state index contributed by atoms with van der Waals surface area (Å²) in [5.41, 5.74) is 1.38. The Morgan fingerprint density at radius 1 is 1.04 bits per heavy atom. The van der Waals surface area contributed by atoms with E-state index in [1.165, 1.54) is 28.6 Å². The number of nitrogens with zero attached hydrogens (tertiary/aromatic N) is 1. The molecule has 1 aliphatic rings. The highest BCUT2D eigenvalue weighted by atomic mass is 32.2. The number of benzene rings is 2. The van der Waals surface area contributed by atoms with Gasteiger partial charge < -0.3 is 9.47 Å². The van der Waals surface area contributed by atoms with E-state index in [2.05, 4.69) is 0 Å². The van der Waals surface area contributed by atoms with Crippen molar-refractivity contribution in [3.05, 3.63) is 59.4 Å². The molecule has 0 radical (unpaired) electrons. The lowest BCUT2D eigenvalue weighted by Gasteiger charge is -2.21. The second-order valence-corrected chi connectivity index (χ2v) is 7.47. The summed E-state index contributed by atoms with van der Waals surface area (Å²) in [6.07, 6.45) is 0. The number of hydrogen-bond acceptors (Lipinski definition) is 4. The van der Waals surface area contributed by atoms with Crippen LogP contribution in [-0.2, 0) is 22.3 Å². The molecule has 0 unspecified atom stereocenters. The standard InChI is InChI=1S/C17H18FNO4S/c1-2-19(10-14-5-8-16-17(9-14)23-12-22-16)24(20,21)11-13-3-6-15(18)7-4-13/h3-9H,2,10-12H2,1H3. The van der Waals surface area contributed by atoms with Crippen molar-refractivity contribution in [3.8, 4) is 11.5 Å². The van der Waals surface area contributed by atoms with Gasteiger partial charge in [0.25, 0.3) is 0 Å². The van der Waals surface area contributed by atoms with Crippen LogP contribution in [0.5, 0.6) is 11.5 Å². The molecular formula is C17H18FNO4S. The number of fused-ring (bicyclic) bond motifs is 1. The van der Waals surface area contributed by atoms with E-state index in [1.807, 2.05) is 6.07 Å². The first-order valence-corrected chi connectivity index (χ1v) is 9.19. The van der Waals surface area contributed by atoms with Crippen LogP contribution in [0.2, 0.25) is 0 Å². The van der Waals surface area contributed by atoms with Gasteiger partial charge in [0, 0.05) is 13.1 Å². The molecule has 0 aromatic heterocycles. The molecule has 1 heterocycles. The predicted molar refractivity (Wildman–Crippen MR) is 87.7 cm³/mol. The third kappa shape index (κ3) is 3.68. The maximum absolute atomic E-state index is 13.0. The maximum Gasteiger partial charge on any atom is 0.231 e. The Morgan fingerprint density at radius 2 is 1.71 bits per heavy atom. The van der Waals surface area contributed by atoms with Crippen LogP contribution in [0, 0.1) is 5.82 Å². The minimum Gasteiger partial charge on any atom is -0.454 e. The second-order valence-electron chi connectivity index (χ2n) is 5.50. The fourth-order valence-corrected chi connectivity index (χ4v) is 4.07. The normalized spacial score (nSPS) is 13.5. The molecule has 1 aliphatic heterocycles. The molecule has 2 aromatic rings. The van der Waals surface area contributed by atoms with Crippen LogP contribution in [0.3, 0.4) is 0 Å². The Kier molecular flexibility index (Phi) is 4.73. The summed E-state index contributed by atoms with van der Waals surface area (Å²) >= 11 is 0. The Morgan fingerprint density at radius 3 is 2.42 bits per heavy atom. The highest BCUT2D eigenvalue weighted by molar-refractivity contribution is 7.88. The summed E-state index contributed by atoms with van der Waals surface area (Å²) in [6.45, 7) is 2.56. The van der Waals surface area contributed by atoms with Crippen LogP contribution in [0.4, 0.5) is 4.39 Å². The quantitative estimate of drug-likeness (QED) is 0.803. The van der Waals surface area contributed by atoms with Crippen molar-refractivity contribution in [1.82, 2.24) is 4.31 Å². The lowest BCUT2D eigenvalue weighted by atomic mass is 10.2. The van der Waals surface area contributed by atoms with Crippen LogP contribution in [0.25, 0.3) is 0 Å². The maximum atomic E-state index is 13.0. The molecule has 0 aliphatic carbocycles. The van der Waals surface area contributed by atoms with Gasteiger partial charge in [0.05, 0.1) is 5.75 Å². The first kappa shape index (κ1) is 16.7. The fraction of sp³-hybridized carbons (Fsp3) is 0.294. The lowest BCUT2D eigenvalue weighted by Crippen LogP contribution is -2.31. The molecule has 0 amide bonds. The van der Waals surface area contributed by atoms with Gasteiger partial charge in [-0.15, -0.1) is 0 Å². The highest BCUT2D eigenvalue weighted by Crippen LogP contribution is 2.33. The summed E-state index contributed by atoms with van der Waals surface area (Å²) in [5.74, 6) is 0.741. The lowest BCUT2D eigenvalue weighted by molar-refractivity contribution is 0.174. The van der Waals surface area contributed by atoms with Gasteiger partial charge in [-0.2, -0.15) is 4.31 Å². The van der Waals surface area contributed by atoms with Crippen LogP contribution >= 0.6 is 0 Å².